The number of ether oxygens (including phenoxy) is 1. The Morgan fingerprint density at radius 2 is 2.19 bits per heavy atom. The molecule has 0 aliphatic heterocycles. The molecule has 88 valence electrons. The Kier molecular flexibility index (Phi) is 5.19. The van der Waals surface area contributed by atoms with Crippen LogP contribution in [0.4, 0.5) is 11.4 Å². The van der Waals surface area contributed by atoms with E-state index in [1.807, 2.05) is 24.3 Å². The fraction of sp³-hybridized carbons (Fsp3) is 0.417. The maximum atomic E-state index is 11.0. The molecular formula is C12H18N2O2. The predicted octanol–water partition coefficient (Wildman–Crippen LogP) is 2.02. The zero-order chi connectivity index (χ0) is 11.8. The number of hydrogen-bond acceptors (Lipinski definition) is 4. The highest BCUT2D eigenvalue weighted by Crippen LogP contribution is 2.16. The molecule has 4 heteroatoms. The fourth-order valence-corrected chi connectivity index (χ4v) is 1.35. The Labute approximate surface area is 95.8 Å². The van der Waals surface area contributed by atoms with E-state index in [2.05, 4.69) is 5.32 Å². The monoisotopic (exact) mass is 222 g/mol. The zero-order valence-electron chi connectivity index (χ0n) is 9.53. The highest BCUT2D eigenvalue weighted by molar-refractivity contribution is 5.69. The maximum Gasteiger partial charge on any atom is 0.305 e. The SMILES string of the molecule is CCOC(=O)CCCNc1ccccc1N. The van der Waals surface area contributed by atoms with Gasteiger partial charge in [0, 0.05) is 13.0 Å². The van der Waals surface area contributed by atoms with Crippen LogP contribution < -0.4 is 11.1 Å². The second-order valence-corrected chi connectivity index (χ2v) is 3.42. The summed E-state index contributed by atoms with van der Waals surface area (Å²) < 4.78 is 4.83. The van der Waals surface area contributed by atoms with Gasteiger partial charge in [-0.3, -0.25) is 4.79 Å². The molecule has 1 aromatic rings. The molecule has 4 nitrogen and oxygen atoms in total. The second-order valence-electron chi connectivity index (χ2n) is 3.42. The van der Waals surface area contributed by atoms with Gasteiger partial charge in [0.1, 0.15) is 0 Å². The maximum absolute atomic E-state index is 11.0. The van der Waals surface area contributed by atoms with Gasteiger partial charge in [-0.05, 0) is 25.5 Å². The van der Waals surface area contributed by atoms with Crippen molar-refractivity contribution in [2.45, 2.75) is 19.8 Å². The lowest BCUT2D eigenvalue weighted by molar-refractivity contribution is -0.143. The minimum atomic E-state index is -0.148. The predicted molar refractivity (Wildman–Crippen MR) is 65.2 cm³/mol. The molecule has 0 bridgehead atoms. The van der Waals surface area contributed by atoms with Crippen molar-refractivity contribution in [2.75, 3.05) is 24.2 Å². The summed E-state index contributed by atoms with van der Waals surface area (Å²) in [6.07, 6.45) is 1.18. The number of nitrogen functional groups attached to an aromatic ring is 1. The van der Waals surface area contributed by atoms with Crippen LogP contribution in [-0.4, -0.2) is 19.1 Å². The van der Waals surface area contributed by atoms with Crippen LogP contribution in [0.5, 0.6) is 0 Å². The van der Waals surface area contributed by atoms with Crippen LogP contribution in [0.2, 0.25) is 0 Å². The first-order valence-corrected chi connectivity index (χ1v) is 5.48. The molecule has 0 fully saturated rings. The number of nitrogens with two attached hydrogens (primary N) is 1. The summed E-state index contributed by atoms with van der Waals surface area (Å²) in [6.45, 7) is 2.96. The summed E-state index contributed by atoms with van der Waals surface area (Å²) in [5.74, 6) is -0.148. The summed E-state index contributed by atoms with van der Waals surface area (Å²) in [5.41, 5.74) is 7.39. The Morgan fingerprint density at radius 1 is 1.44 bits per heavy atom. The van der Waals surface area contributed by atoms with Crippen LogP contribution in [0.25, 0.3) is 0 Å². The van der Waals surface area contributed by atoms with Crippen LogP contribution in [0.3, 0.4) is 0 Å². The molecule has 0 saturated heterocycles. The summed E-state index contributed by atoms with van der Waals surface area (Å²) in [4.78, 5) is 11.0. The molecule has 1 aromatic carbocycles. The highest BCUT2D eigenvalue weighted by atomic mass is 16.5. The van der Waals surface area contributed by atoms with Crippen molar-refractivity contribution in [3.05, 3.63) is 24.3 Å². The lowest BCUT2D eigenvalue weighted by Gasteiger charge is -2.08. The molecule has 0 saturated carbocycles. The number of anilines is 2. The van der Waals surface area contributed by atoms with Gasteiger partial charge in [-0.25, -0.2) is 0 Å². The third kappa shape index (κ3) is 4.21. The highest BCUT2D eigenvalue weighted by Gasteiger charge is 2.01. The molecule has 0 heterocycles. The van der Waals surface area contributed by atoms with Crippen molar-refractivity contribution in [3.63, 3.8) is 0 Å². The Balaban J connectivity index is 2.21. The number of para-hydroxylation sites is 2. The van der Waals surface area contributed by atoms with Crippen molar-refractivity contribution >= 4 is 17.3 Å². The molecule has 0 unspecified atom stereocenters. The lowest BCUT2D eigenvalue weighted by atomic mass is 10.2. The van der Waals surface area contributed by atoms with E-state index >= 15 is 0 Å². The summed E-state index contributed by atoms with van der Waals surface area (Å²) >= 11 is 0. The first-order valence-electron chi connectivity index (χ1n) is 5.48. The summed E-state index contributed by atoms with van der Waals surface area (Å²) in [6, 6.07) is 7.57. The largest absolute Gasteiger partial charge is 0.466 e. The minimum absolute atomic E-state index is 0.148. The third-order valence-electron chi connectivity index (χ3n) is 2.14. The molecule has 0 amide bonds. The van der Waals surface area contributed by atoms with Gasteiger partial charge in [0.25, 0.3) is 0 Å². The number of carbonyl (C=O) groups is 1. The van der Waals surface area contributed by atoms with E-state index in [9.17, 15) is 4.79 Å². The third-order valence-corrected chi connectivity index (χ3v) is 2.14. The average molecular weight is 222 g/mol. The Hall–Kier alpha value is -1.71. The molecule has 0 aromatic heterocycles. The van der Waals surface area contributed by atoms with Gasteiger partial charge in [-0.2, -0.15) is 0 Å². The molecule has 0 aliphatic rings. The number of nitrogens with one attached hydrogen (secondary N) is 1. The number of rotatable bonds is 6. The fourth-order valence-electron chi connectivity index (χ4n) is 1.35. The first-order chi connectivity index (χ1) is 7.74. The lowest BCUT2D eigenvalue weighted by Crippen LogP contribution is -2.09. The van der Waals surface area contributed by atoms with Crippen LogP contribution in [0, 0.1) is 0 Å². The van der Waals surface area contributed by atoms with E-state index in [1.54, 1.807) is 6.92 Å². The van der Waals surface area contributed by atoms with E-state index in [1.165, 1.54) is 0 Å². The van der Waals surface area contributed by atoms with E-state index in [4.69, 9.17) is 10.5 Å². The number of hydrogen-bond donors (Lipinski definition) is 2. The standard InChI is InChI=1S/C12H18N2O2/c1-2-16-12(15)8-5-9-14-11-7-4-3-6-10(11)13/h3-4,6-7,14H,2,5,8-9,13H2,1H3. The quantitative estimate of drug-likeness (QED) is 0.439. The van der Waals surface area contributed by atoms with Gasteiger partial charge in [0.15, 0.2) is 0 Å². The topological polar surface area (TPSA) is 64.3 Å². The number of esters is 1. The summed E-state index contributed by atoms with van der Waals surface area (Å²) in [7, 11) is 0. The van der Waals surface area contributed by atoms with Crippen molar-refractivity contribution < 1.29 is 9.53 Å². The molecule has 0 aliphatic carbocycles. The molecule has 16 heavy (non-hydrogen) atoms. The zero-order valence-corrected chi connectivity index (χ0v) is 9.53. The van der Waals surface area contributed by atoms with Crippen molar-refractivity contribution in [3.8, 4) is 0 Å². The minimum Gasteiger partial charge on any atom is -0.466 e. The van der Waals surface area contributed by atoms with Crippen LogP contribution >= 0.6 is 0 Å². The van der Waals surface area contributed by atoms with Gasteiger partial charge < -0.3 is 15.8 Å². The number of benzene rings is 1. The van der Waals surface area contributed by atoms with Crippen LogP contribution in [0.15, 0.2) is 24.3 Å². The average Bonchev–Trinajstić information content (AvgIpc) is 2.27. The molecule has 0 radical (unpaired) electrons. The molecule has 0 spiro atoms. The van der Waals surface area contributed by atoms with E-state index in [-0.39, 0.29) is 5.97 Å². The Bertz CT molecular complexity index is 340. The molecule has 1 rings (SSSR count). The van der Waals surface area contributed by atoms with E-state index in [0.29, 0.717) is 19.6 Å². The number of carbonyl (C=O) groups excluding carboxylic acids is 1. The van der Waals surface area contributed by atoms with Gasteiger partial charge >= 0.3 is 5.97 Å². The first kappa shape index (κ1) is 12.4. The molecule has 0 atom stereocenters. The normalized spacial score (nSPS) is 9.81. The van der Waals surface area contributed by atoms with Crippen molar-refractivity contribution in [1.29, 1.82) is 0 Å². The summed E-state index contributed by atoms with van der Waals surface area (Å²) in [5, 5.41) is 3.18. The van der Waals surface area contributed by atoms with E-state index < -0.39 is 0 Å². The van der Waals surface area contributed by atoms with Gasteiger partial charge in [0.05, 0.1) is 18.0 Å². The van der Waals surface area contributed by atoms with Gasteiger partial charge in [0.2, 0.25) is 0 Å². The van der Waals surface area contributed by atoms with Crippen LogP contribution in [0.1, 0.15) is 19.8 Å². The van der Waals surface area contributed by atoms with Gasteiger partial charge in [-0.1, -0.05) is 12.1 Å². The Morgan fingerprint density at radius 3 is 2.88 bits per heavy atom. The second kappa shape index (κ2) is 6.71. The van der Waals surface area contributed by atoms with Crippen molar-refractivity contribution in [2.24, 2.45) is 0 Å². The van der Waals surface area contributed by atoms with Crippen LogP contribution in [-0.2, 0) is 9.53 Å². The molecule has 3 N–H and O–H groups in total. The van der Waals surface area contributed by atoms with Crippen molar-refractivity contribution in [1.82, 2.24) is 0 Å². The van der Waals surface area contributed by atoms with E-state index in [0.717, 1.165) is 17.8 Å². The van der Waals surface area contributed by atoms with Gasteiger partial charge in [-0.15, -0.1) is 0 Å². The molecular weight excluding hydrogens is 204 g/mol. The smallest absolute Gasteiger partial charge is 0.305 e.